The van der Waals surface area contributed by atoms with E-state index < -0.39 is 0 Å². The van der Waals surface area contributed by atoms with Crippen LogP contribution in [0.15, 0.2) is 34.9 Å². The Hall–Kier alpha value is -1.76. The Labute approximate surface area is 147 Å². The van der Waals surface area contributed by atoms with E-state index in [2.05, 4.69) is 15.5 Å². The predicted octanol–water partition coefficient (Wildman–Crippen LogP) is 2.60. The highest BCUT2D eigenvalue weighted by Crippen LogP contribution is 2.34. The van der Waals surface area contributed by atoms with E-state index in [4.69, 9.17) is 14.0 Å². The van der Waals surface area contributed by atoms with Gasteiger partial charge in [0.15, 0.2) is 5.82 Å². The lowest BCUT2D eigenvalue weighted by molar-refractivity contribution is -0.140. The summed E-state index contributed by atoms with van der Waals surface area (Å²) in [7, 11) is 0. The van der Waals surface area contributed by atoms with Gasteiger partial charge in [-0.15, -0.1) is 0 Å². The zero-order valence-corrected chi connectivity index (χ0v) is 14.4. The van der Waals surface area contributed by atoms with Crippen LogP contribution in [0.25, 0.3) is 11.5 Å². The van der Waals surface area contributed by atoms with Gasteiger partial charge in [0.05, 0.1) is 5.60 Å². The van der Waals surface area contributed by atoms with Crippen molar-refractivity contribution in [1.29, 1.82) is 0 Å². The van der Waals surface area contributed by atoms with E-state index in [0.717, 1.165) is 69.9 Å². The van der Waals surface area contributed by atoms with Crippen LogP contribution < -0.4 is 5.32 Å². The fourth-order valence-corrected chi connectivity index (χ4v) is 3.74. The molecule has 1 aromatic heterocycles. The molecule has 1 spiro atoms. The Kier molecular flexibility index (Phi) is 5.10. The maximum atomic E-state index is 6.09. The van der Waals surface area contributed by atoms with Crippen molar-refractivity contribution in [2.24, 2.45) is 0 Å². The van der Waals surface area contributed by atoms with E-state index in [1.807, 2.05) is 30.3 Å². The monoisotopic (exact) mass is 343 g/mol. The topological polar surface area (TPSA) is 69.4 Å². The largest absolute Gasteiger partial charge is 0.381 e. The Morgan fingerprint density at radius 2 is 1.96 bits per heavy atom. The number of benzene rings is 1. The maximum Gasteiger partial charge on any atom is 0.257 e. The fourth-order valence-electron chi connectivity index (χ4n) is 3.74. The number of rotatable bonds is 5. The van der Waals surface area contributed by atoms with Crippen LogP contribution in [0.4, 0.5) is 0 Å². The molecule has 2 aliphatic rings. The highest BCUT2D eigenvalue weighted by Gasteiger charge is 2.38. The number of ether oxygens (including phenoxy) is 2. The minimum atomic E-state index is 0.0286. The fraction of sp³-hybridized carbons (Fsp3) is 0.579. The lowest BCUT2D eigenvalue weighted by atomic mass is 9.84. The quantitative estimate of drug-likeness (QED) is 0.900. The number of nitrogens with one attached hydrogen (secondary N) is 1. The summed E-state index contributed by atoms with van der Waals surface area (Å²) in [5.74, 6) is 1.34. The van der Waals surface area contributed by atoms with Crippen LogP contribution in [-0.4, -0.2) is 48.1 Å². The molecule has 1 N–H and O–H groups in total. The van der Waals surface area contributed by atoms with E-state index in [0.29, 0.717) is 11.9 Å². The summed E-state index contributed by atoms with van der Waals surface area (Å²) in [6.07, 6.45) is 4.92. The molecule has 6 nitrogen and oxygen atoms in total. The van der Waals surface area contributed by atoms with Crippen LogP contribution in [0.1, 0.15) is 31.5 Å². The molecule has 4 rings (SSSR count). The van der Waals surface area contributed by atoms with Crippen molar-refractivity contribution in [2.75, 3.05) is 26.4 Å². The lowest BCUT2D eigenvalue weighted by Gasteiger charge is -2.43. The third kappa shape index (κ3) is 4.08. The Morgan fingerprint density at radius 3 is 2.80 bits per heavy atom. The van der Waals surface area contributed by atoms with Gasteiger partial charge in [-0.05, 0) is 37.8 Å². The van der Waals surface area contributed by atoms with Gasteiger partial charge in [-0.1, -0.05) is 23.4 Å². The van der Waals surface area contributed by atoms with Gasteiger partial charge >= 0.3 is 0 Å². The molecule has 2 aliphatic heterocycles. The highest BCUT2D eigenvalue weighted by molar-refractivity contribution is 5.51. The zero-order valence-electron chi connectivity index (χ0n) is 14.4. The minimum absolute atomic E-state index is 0.0286. The summed E-state index contributed by atoms with van der Waals surface area (Å²) in [5, 5.41) is 7.74. The molecule has 2 aromatic rings. The average Bonchev–Trinajstić information content (AvgIpc) is 3.12. The van der Waals surface area contributed by atoms with Gasteiger partial charge < -0.3 is 19.3 Å². The third-order valence-electron chi connectivity index (χ3n) is 5.17. The first-order valence-electron chi connectivity index (χ1n) is 9.16. The third-order valence-corrected chi connectivity index (χ3v) is 5.17. The summed E-state index contributed by atoms with van der Waals surface area (Å²) in [6, 6.07) is 10.4. The van der Waals surface area contributed by atoms with Crippen LogP contribution in [0, 0.1) is 0 Å². The summed E-state index contributed by atoms with van der Waals surface area (Å²) in [5.41, 5.74) is 0.987. The SMILES string of the molecule is c1ccc(-c2nc(CCN[C@@H]3CCOC4(CCOCC4)C3)no2)cc1. The number of hydrogen-bond donors (Lipinski definition) is 1. The van der Waals surface area contributed by atoms with Crippen LogP contribution >= 0.6 is 0 Å². The second-order valence-electron chi connectivity index (χ2n) is 6.92. The second-order valence-corrected chi connectivity index (χ2v) is 6.92. The van der Waals surface area contributed by atoms with Gasteiger partial charge in [-0.2, -0.15) is 4.98 Å². The van der Waals surface area contributed by atoms with E-state index in [-0.39, 0.29) is 5.60 Å². The van der Waals surface area contributed by atoms with Crippen molar-refractivity contribution in [2.45, 2.75) is 43.7 Å². The van der Waals surface area contributed by atoms with Crippen LogP contribution in [0.5, 0.6) is 0 Å². The van der Waals surface area contributed by atoms with E-state index in [9.17, 15) is 0 Å². The zero-order chi connectivity index (χ0) is 17.0. The van der Waals surface area contributed by atoms with Gasteiger partial charge in [0, 0.05) is 44.4 Å². The first kappa shape index (κ1) is 16.7. The minimum Gasteiger partial charge on any atom is -0.381 e. The number of aromatic nitrogens is 2. The summed E-state index contributed by atoms with van der Waals surface area (Å²) in [6.45, 7) is 3.32. The molecule has 0 saturated carbocycles. The van der Waals surface area contributed by atoms with Crippen LogP contribution in [0.3, 0.4) is 0 Å². The maximum absolute atomic E-state index is 6.09. The van der Waals surface area contributed by atoms with Crippen LogP contribution in [0.2, 0.25) is 0 Å². The Balaban J connectivity index is 1.27. The van der Waals surface area contributed by atoms with Crippen molar-refractivity contribution in [3.63, 3.8) is 0 Å². The van der Waals surface area contributed by atoms with E-state index in [1.54, 1.807) is 0 Å². The summed E-state index contributed by atoms with van der Waals surface area (Å²) >= 11 is 0. The highest BCUT2D eigenvalue weighted by atomic mass is 16.5. The van der Waals surface area contributed by atoms with Crippen molar-refractivity contribution in [3.05, 3.63) is 36.2 Å². The Bertz CT molecular complexity index is 662. The molecule has 3 heterocycles. The van der Waals surface area contributed by atoms with Gasteiger partial charge in [0.1, 0.15) is 0 Å². The van der Waals surface area contributed by atoms with Crippen molar-refractivity contribution in [1.82, 2.24) is 15.5 Å². The van der Waals surface area contributed by atoms with Crippen molar-refractivity contribution in [3.8, 4) is 11.5 Å². The number of nitrogens with zero attached hydrogens (tertiary/aromatic N) is 2. The average molecular weight is 343 g/mol. The molecule has 2 fully saturated rings. The Morgan fingerprint density at radius 1 is 1.12 bits per heavy atom. The molecule has 0 unspecified atom stereocenters. The summed E-state index contributed by atoms with van der Waals surface area (Å²) in [4.78, 5) is 4.49. The standard InChI is InChI=1S/C19H25N3O3/c1-2-4-15(5-3-1)18-21-17(22-25-18)6-10-20-16-7-11-24-19(14-16)8-12-23-13-9-19/h1-5,16,20H,6-14H2/t16-/m1/s1. The van der Waals surface area contributed by atoms with Gasteiger partial charge in [-0.3, -0.25) is 0 Å². The predicted molar refractivity (Wildman–Crippen MR) is 93.2 cm³/mol. The van der Waals surface area contributed by atoms with Crippen molar-refractivity contribution < 1.29 is 14.0 Å². The molecular formula is C19H25N3O3. The smallest absolute Gasteiger partial charge is 0.257 e. The van der Waals surface area contributed by atoms with Crippen molar-refractivity contribution >= 4 is 0 Å². The molecule has 1 aromatic carbocycles. The van der Waals surface area contributed by atoms with E-state index >= 15 is 0 Å². The first-order chi connectivity index (χ1) is 12.3. The van der Waals surface area contributed by atoms with Crippen LogP contribution in [-0.2, 0) is 15.9 Å². The summed E-state index contributed by atoms with van der Waals surface area (Å²) < 4.78 is 16.9. The molecule has 134 valence electrons. The second kappa shape index (κ2) is 7.64. The van der Waals surface area contributed by atoms with E-state index in [1.165, 1.54) is 0 Å². The molecule has 0 radical (unpaired) electrons. The molecule has 0 aliphatic carbocycles. The molecule has 6 heteroatoms. The van der Waals surface area contributed by atoms with Gasteiger partial charge in [-0.25, -0.2) is 0 Å². The molecule has 25 heavy (non-hydrogen) atoms. The normalized spacial score (nSPS) is 23.0. The molecule has 0 bridgehead atoms. The number of hydrogen-bond acceptors (Lipinski definition) is 6. The molecule has 0 amide bonds. The first-order valence-corrected chi connectivity index (χ1v) is 9.16. The van der Waals surface area contributed by atoms with Gasteiger partial charge in [0.2, 0.25) is 0 Å². The lowest BCUT2D eigenvalue weighted by Crippen LogP contribution is -2.50. The molecular weight excluding hydrogens is 318 g/mol. The van der Waals surface area contributed by atoms with Gasteiger partial charge in [0.25, 0.3) is 5.89 Å². The molecule has 2 saturated heterocycles. The molecule has 1 atom stereocenters.